The van der Waals surface area contributed by atoms with Gasteiger partial charge in [0.1, 0.15) is 0 Å². The van der Waals surface area contributed by atoms with E-state index in [0.717, 1.165) is 23.4 Å². The van der Waals surface area contributed by atoms with Crippen LogP contribution in [0.3, 0.4) is 0 Å². The minimum atomic E-state index is 0.271. The molecule has 0 aliphatic heterocycles. The van der Waals surface area contributed by atoms with Gasteiger partial charge in [-0.3, -0.25) is 0 Å². The normalized spacial score (nSPS) is 31.3. The lowest BCUT2D eigenvalue weighted by atomic mass is 9.70. The molecule has 0 nitrogen and oxygen atoms in total. The zero-order chi connectivity index (χ0) is 10.7. The van der Waals surface area contributed by atoms with Crippen LogP contribution in [0.5, 0.6) is 0 Å². The summed E-state index contributed by atoms with van der Waals surface area (Å²) in [6.07, 6.45) is 5.88. The molecule has 0 aromatic rings. The van der Waals surface area contributed by atoms with Crippen molar-refractivity contribution in [2.24, 2.45) is 17.8 Å². The van der Waals surface area contributed by atoms with Gasteiger partial charge in [-0.15, -0.1) is 7.92 Å². The van der Waals surface area contributed by atoms with Gasteiger partial charge in [-0.2, -0.15) is 0 Å². The molecular weight excluding hydrogens is 187 g/mol. The number of rotatable bonds is 5. The van der Waals surface area contributed by atoms with Gasteiger partial charge >= 0.3 is 0 Å². The molecule has 84 valence electrons. The van der Waals surface area contributed by atoms with Crippen molar-refractivity contribution in [1.82, 2.24) is 0 Å². The SMILES string of the molecule is CCC(C(C)CC1CCC1C)P(C)C. The van der Waals surface area contributed by atoms with Crippen LogP contribution in [-0.2, 0) is 0 Å². The largest absolute Gasteiger partial charge is 0.110 e. The van der Waals surface area contributed by atoms with Crippen LogP contribution in [0.25, 0.3) is 0 Å². The minimum Gasteiger partial charge on any atom is -0.110 e. The van der Waals surface area contributed by atoms with E-state index in [9.17, 15) is 0 Å². The van der Waals surface area contributed by atoms with Crippen LogP contribution in [0.15, 0.2) is 0 Å². The predicted octanol–water partition coefficient (Wildman–Crippen LogP) is 4.58. The zero-order valence-corrected chi connectivity index (χ0v) is 11.5. The van der Waals surface area contributed by atoms with E-state index < -0.39 is 0 Å². The molecule has 1 rings (SSSR count). The fraction of sp³-hybridized carbons (Fsp3) is 1.00. The highest BCUT2D eigenvalue weighted by Crippen LogP contribution is 2.45. The number of hydrogen-bond donors (Lipinski definition) is 0. The van der Waals surface area contributed by atoms with Crippen LogP contribution < -0.4 is 0 Å². The summed E-state index contributed by atoms with van der Waals surface area (Å²) in [5.74, 6) is 3.05. The molecule has 4 atom stereocenters. The van der Waals surface area contributed by atoms with Gasteiger partial charge in [0.15, 0.2) is 0 Å². The van der Waals surface area contributed by atoms with Gasteiger partial charge in [0.05, 0.1) is 0 Å². The lowest BCUT2D eigenvalue weighted by Gasteiger charge is -2.38. The van der Waals surface area contributed by atoms with E-state index in [1.807, 2.05) is 0 Å². The Balaban J connectivity index is 2.35. The fourth-order valence-corrected chi connectivity index (χ4v) is 4.87. The van der Waals surface area contributed by atoms with E-state index >= 15 is 0 Å². The first-order valence-corrected chi connectivity index (χ1v) is 8.53. The van der Waals surface area contributed by atoms with Crippen molar-refractivity contribution in [2.45, 2.75) is 52.1 Å². The first-order valence-electron chi connectivity index (χ1n) is 6.22. The van der Waals surface area contributed by atoms with E-state index in [1.54, 1.807) is 0 Å². The molecule has 0 radical (unpaired) electrons. The molecule has 0 bridgehead atoms. The molecule has 0 N–H and O–H groups in total. The van der Waals surface area contributed by atoms with Gasteiger partial charge in [0.2, 0.25) is 0 Å². The van der Waals surface area contributed by atoms with Gasteiger partial charge < -0.3 is 0 Å². The molecular formula is C13H27P. The first kappa shape index (κ1) is 12.5. The fourth-order valence-electron chi connectivity index (χ4n) is 3.00. The van der Waals surface area contributed by atoms with Crippen molar-refractivity contribution in [3.8, 4) is 0 Å². The average Bonchev–Trinajstić information content (AvgIpc) is 2.12. The molecule has 0 heterocycles. The lowest BCUT2D eigenvalue weighted by molar-refractivity contribution is 0.159. The van der Waals surface area contributed by atoms with Crippen LogP contribution in [-0.4, -0.2) is 19.0 Å². The third kappa shape index (κ3) is 2.96. The topological polar surface area (TPSA) is 0 Å². The Morgan fingerprint density at radius 2 is 1.93 bits per heavy atom. The number of hydrogen-bond acceptors (Lipinski definition) is 0. The summed E-state index contributed by atoms with van der Waals surface area (Å²) in [4.78, 5) is 0. The Kier molecular flexibility index (Phi) is 4.91. The molecule has 1 heteroatoms. The molecule has 1 fully saturated rings. The van der Waals surface area contributed by atoms with Gasteiger partial charge in [0.25, 0.3) is 0 Å². The van der Waals surface area contributed by atoms with Crippen molar-refractivity contribution in [3.05, 3.63) is 0 Å². The van der Waals surface area contributed by atoms with Crippen LogP contribution in [0.2, 0.25) is 0 Å². The standard InChI is InChI=1S/C13H27P/c1-6-13(14(4)5)11(3)9-12-8-7-10(12)2/h10-13H,6-9H2,1-5H3. The minimum absolute atomic E-state index is 0.271. The van der Waals surface area contributed by atoms with Gasteiger partial charge in [0, 0.05) is 0 Å². The summed E-state index contributed by atoms with van der Waals surface area (Å²) in [6, 6.07) is 0. The van der Waals surface area contributed by atoms with Gasteiger partial charge in [-0.1, -0.05) is 27.2 Å². The van der Waals surface area contributed by atoms with Crippen molar-refractivity contribution < 1.29 is 0 Å². The molecule has 14 heavy (non-hydrogen) atoms. The maximum Gasteiger partial charge on any atom is -0.0191 e. The van der Waals surface area contributed by atoms with Crippen molar-refractivity contribution in [1.29, 1.82) is 0 Å². The molecule has 1 aliphatic carbocycles. The Morgan fingerprint density at radius 1 is 1.29 bits per heavy atom. The highest BCUT2D eigenvalue weighted by molar-refractivity contribution is 7.56. The summed E-state index contributed by atoms with van der Waals surface area (Å²) in [6.45, 7) is 12.2. The molecule has 0 saturated heterocycles. The third-order valence-corrected chi connectivity index (χ3v) is 6.41. The zero-order valence-electron chi connectivity index (χ0n) is 10.6. The second kappa shape index (κ2) is 5.50. The lowest BCUT2D eigenvalue weighted by Crippen LogP contribution is -2.28. The maximum absolute atomic E-state index is 2.49. The van der Waals surface area contributed by atoms with Gasteiger partial charge in [-0.25, -0.2) is 0 Å². The summed E-state index contributed by atoms with van der Waals surface area (Å²) < 4.78 is 0. The summed E-state index contributed by atoms with van der Waals surface area (Å²) >= 11 is 0. The quantitative estimate of drug-likeness (QED) is 0.588. The summed E-state index contributed by atoms with van der Waals surface area (Å²) in [5, 5.41) is 0. The van der Waals surface area contributed by atoms with Crippen molar-refractivity contribution in [3.63, 3.8) is 0 Å². The van der Waals surface area contributed by atoms with E-state index in [4.69, 9.17) is 0 Å². The monoisotopic (exact) mass is 214 g/mol. The van der Waals surface area contributed by atoms with E-state index in [-0.39, 0.29) is 7.92 Å². The Hall–Kier alpha value is 0.430. The van der Waals surface area contributed by atoms with Crippen LogP contribution in [0.1, 0.15) is 46.5 Å². The molecule has 0 aromatic carbocycles. The van der Waals surface area contributed by atoms with Gasteiger partial charge in [-0.05, 0) is 56.0 Å². The Morgan fingerprint density at radius 3 is 2.21 bits per heavy atom. The molecule has 0 spiro atoms. The smallest absolute Gasteiger partial charge is 0.0191 e. The molecule has 4 unspecified atom stereocenters. The first-order chi connectivity index (χ1) is 6.56. The van der Waals surface area contributed by atoms with Crippen LogP contribution in [0, 0.1) is 17.8 Å². The summed E-state index contributed by atoms with van der Waals surface area (Å²) in [5.41, 5.74) is 1.01. The Bertz CT molecular complexity index is 165. The van der Waals surface area contributed by atoms with E-state index in [1.165, 1.54) is 25.7 Å². The second-order valence-electron chi connectivity index (χ2n) is 5.47. The highest BCUT2D eigenvalue weighted by atomic mass is 31.1. The third-order valence-electron chi connectivity index (χ3n) is 4.21. The maximum atomic E-state index is 2.49. The van der Waals surface area contributed by atoms with E-state index in [2.05, 4.69) is 34.1 Å². The second-order valence-corrected chi connectivity index (χ2v) is 8.06. The summed E-state index contributed by atoms with van der Waals surface area (Å²) in [7, 11) is 0.271. The molecule has 1 aliphatic rings. The molecule has 1 saturated carbocycles. The van der Waals surface area contributed by atoms with Crippen LogP contribution >= 0.6 is 7.92 Å². The van der Waals surface area contributed by atoms with E-state index in [0.29, 0.717) is 0 Å². The van der Waals surface area contributed by atoms with Crippen molar-refractivity contribution in [2.75, 3.05) is 13.3 Å². The van der Waals surface area contributed by atoms with Crippen molar-refractivity contribution >= 4 is 7.92 Å². The highest BCUT2D eigenvalue weighted by Gasteiger charge is 2.30. The average molecular weight is 214 g/mol. The molecule has 0 aromatic heterocycles. The Labute approximate surface area is 91.6 Å². The van der Waals surface area contributed by atoms with Crippen LogP contribution in [0.4, 0.5) is 0 Å². The predicted molar refractivity (Wildman–Crippen MR) is 68.5 cm³/mol. The molecule has 0 amide bonds.